The summed E-state index contributed by atoms with van der Waals surface area (Å²) < 4.78 is 7.13. The number of halogens is 1. The van der Waals surface area contributed by atoms with Crippen molar-refractivity contribution in [1.29, 1.82) is 10.5 Å². The first-order valence-corrected chi connectivity index (χ1v) is 9.40. The average Bonchev–Trinajstić information content (AvgIpc) is 3.07. The van der Waals surface area contributed by atoms with Gasteiger partial charge < -0.3 is 15.6 Å². The molecule has 0 atom stereocenters. The molecule has 0 saturated carbocycles. The van der Waals surface area contributed by atoms with E-state index in [0.29, 0.717) is 22.9 Å². The van der Waals surface area contributed by atoms with Crippen molar-refractivity contribution in [1.82, 2.24) is 9.78 Å². The van der Waals surface area contributed by atoms with Crippen molar-refractivity contribution < 1.29 is 9.84 Å². The molecule has 1 heterocycles. The molecule has 1 aromatic heterocycles. The number of anilines is 1. The van der Waals surface area contributed by atoms with E-state index in [-0.39, 0.29) is 35.8 Å². The molecule has 0 aliphatic heterocycles. The molecule has 3 rings (SSSR count). The lowest BCUT2D eigenvalue weighted by Crippen LogP contribution is -2.07. The number of benzene rings is 2. The number of hydrogen-bond donors (Lipinski definition) is 2. The summed E-state index contributed by atoms with van der Waals surface area (Å²) in [5.74, 6) is 0.714. The number of aliphatic hydroxyl groups is 1. The van der Waals surface area contributed by atoms with Gasteiger partial charge in [0.2, 0.25) is 0 Å². The summed E-state index contributed by atoms with van der Waals surface area (Å²) in [7, 11) is 0. The number of nitrogens with two attached hydrogens (primary N) is 1. The first-order chi connectivity index (χ1) is 14.6. The van der Waals surface area contributed by atoms with E-state index in [1.165, 1.54) is 4.68 Å². The first kappa shape index (κ1) is 20.9. The lowest BCUT2D eigenvalue weighted by molar-refractivity contribution is 0.270. The van der Waals surface area contributed by atoms with Crippen LogP contribution in [0.2, 0.25) is 5.02 Å². The van der Waals surface area contributed by atoms with Gasteiger partial charge in [-0.15, -0.1) is 0 Å². The molecule has 0 aliphatic carbocycles. The molecule has 0 unspecified atom stereocenters. The molecule has 0 spiro atoms. The highest BCUT2D eigenvalue weighted by Gasteiger charge is 2.18. The Hall–Kier alpha value is -3.78. The minimum atomic E-state index is -0.188. The van der Waals surface area contributed by atoms with Crippen LogP contribution in [0.3, 0.4) is 0 Å². The molecule has 7 nitrogen and oxygen atoms in total. The van der Waals surface area contributed by atoms with Gasteiger partial charge in [0, 0.05) is 10.6 Å². The number of ether oxygens (including phenoxy) is 1. The lowest BCUT2D eigenvalue weighted by Gasteiger charge is -2.08. The average molecular weight is 420 g/mol. The van der Waals surface area contributed by atoms with Gasteiger partial charge in [-0.05, 0) is 29.8 Å². The van der Waals surface area contributed by atoms with E-state index < -0.39 is 0 Å². The van der Waals surface area contributed by atoms with Crippen LogP contribution in [-0.2, 0) is 13.2 Å². The molecule has 2 aromatic carbocycles. The maximum absolute atomic E-state index is 9.63. The topological polar surface area (TPSA) is 121 Å². The van der Waals surface area contributed by atoms with Crippen LogP contribution in [0.25, 0.3) is 11.6 Å². The monoisotopic (exact) mass is 419 g/mol. The number of aliphatic hydroxyl groups excluding tert-OH is 1. The van der Waals surface area contributed by atoms with Gasteiger partial charge in [-0.3, -0.25) is 0 Å². The summed E-state index contributed by atoms with van der Waals surface area (Å²) in [4.78, 5) is 0. The Labute approximate surface area is 178 Å². The van der Waals surface area contributed by atoms with Gasteiger partial charge in [-0.25, -0.2) is 4.68 Å². The van der Waals surface area contributed by atoms with Crippen LogP contribution in [0, 0.1) is 22.7 Å². The van der Waals surface area contributed by atoms with E-state index in [0.717, 1.165) is 5.56 Å². The van der Waals surface area contributed by atoms with E-state index in [1.807, 2.05) is 24.3 Å². The number of hydrogen-bond acceptors (Lipinski definition) is 6. The van der Waals surface area contributed by atoms with Crippen LogP contribution in [0.1, 0.15) is 22.4 Å². The molecule has 3 N–H and O–H groups in total. The van der Waals surface area contributed by atoms with E-state index in [9.17, 15) is 10.5 Å². The zero-order chi connectivity index (χ0) is 21.5. The molecule has 0 bridgehead atoms. The summed E-state index contributed by atoms with van der Waals surface area (Å²) >= 11 is 6.16. The second-order valence-electron chi connectivity index (χ2n) is 6.29. The van der Waals surface area contributed by atoms with Crippen molar-refractivity contribution in [2.75, 3.05) is 12.3 Å². The number of aromatic nitrogens is 2. The van der Waals surface area contributed by atoms with Crippen LogP contribution in [0.15, 0.2) is 48.5 Å². The Kier molecular flexibility index (Phi) is 6.71. The number of allylic oxidation sites excluding steroid dienone is 1. The van der Waals surface area contributed by atoms with Crippen LogP contribution in [0.4, 0.5) is 5.82 Å². The number of rotatable bonds is 7. The molecule has 8 heteroatoms. The van der Waals surface area contributed by atoms with Gasteiger partial charge >= 0.3 is 0 Å². The molecule has 0 amide bonds. The minimum Gasteiger partial charge on any atom is -0.489 e. The molecule has 0 aliphatic rings. The molecule has 150 valence electrons. The van der Waals surface area contributed by atoms with Crippen molar-refractivity contribution in [3.05, 3.63) is 75.9 Å². The van der Waals surface area contributed by atoms with Crippen LogP contribution in [0.5, 0.6) is 5.75 Å². The lowest BCUT2D eigenvalue weighted by atomic mass is 10.1. The summed E-state index contributed by atoms with van der Waals surface area (Å²) in [6.07, 6.45) is 1.61. The third-order valence-electron chi connectivity index (χ3n) is 4.31. The second-order valence-corrected chi connectivity index (χ2v) is 6.70. The highest BCUT2D eigenvalue weighted by atomic mass is 35.5. The summed E-state index contributed by atoms with van der Waals surface area (Å²) in [5, 5.41) is 33.0. The summed E-state index contributed by atoms with van der Waals surface area (Å²) in [6, 6.07) is 18.6. The largest absolute Gasteiger partial charge is 0.489 e. The fourth-order valence-corrected chi connectivity index (χ4v) is 3.02. The highest BCUT2D eigenvalue weighted by Crippen LogP contribution is 2.26. The smallest absolute Gasteiger partial charge is 0.140 e. The van der Waals surface area contributed by atoms with Gasteiger partial charge in [-0.1, -0.05) is 41.9 Å². The van der Waals surface area contributed by atoms with Crippen molar-refractivity contribution in [2.45, 2.75) is 13.2 Å². The van der Waals surface area contributed by atoms with E-state index in [4.69, 9.17) is 27.2 Å². The maximum atomic E-state index is 9.63. The summed E-state index contributed by atoms with van der Waals surface area (Å²) in [5.41, 5.74) is 7.93. The molecule has 0 radical (unpaired) electrons. The standard InChI is InChI=1S/C22H18ClN5O2/c23-20-7-2-1-5-16(20)14-30-18-6-3-4-15(11-18)10-17(12-24)21-19(13-25)22(26)28(27-21)8-9-29/h1-7,10-11,29H,8-9,14,26H2/b17-10+. The molecule has 0 fully saturated rings. The van der Waals surface area contributed by atoms with Crippen LogP contribution < -0.4 is 10.5 Å². The zero-order valence-electron chi connectivity index (χ0n) is 15.9. The van der Waals surface area contributed by atoms with Gasteiger partial charge in [0.15, 0.2) is 0 Å². The van der Waals surface area contributed by atoms with Crippen LogP contribution in [-0.4, -0.2) is 21.5 Å². The van der Waals surface area contributed by atoms with Crippen LogP contribution >= 0.6 is 11.6 Å². The SMILES string of the molecule is N#C/C(=C\c1cccc(OCc2ccccc2Cl)c1)c1nn(CCO)c(N)c1C#N. The highest BCUT2D eigenvalue weighted by molar-refractivity contribution is 6.31. The van der Waals surface area contributed by atoms with Crippen molar-refractivity contribution >= 4 is 29.1 Å². The van der Waals surface area contributed by atoms with Crippen molar-refractivity contribution in [3.8, 4) is 17.9 Å². The quantitative estimate of drug-likeness (QED) is 0.564. The molecular formula is C22H18ClN5O2. The van der Waals surface area contributed by atoms with Gasteiger partial charge in [0.05, 0.1) is 18.7 Å². The fourth-order valence-electron chi connectivity index (χ4n) is 2.83. The molecule has 0 saturated heterocycles. The Balaban J connectivity index is 1.88. The number of nitrogen functional groups attached to an aromatic ring is 1. The Morgan fingerprint density at radius 2 is 2.03 bits per heavy atom. The number of nitrogens with zero attached hydrogens (tertiary/aromatic N) is 4. The van der Waals surface area contributed by atoms with Gasteiger partial charge in [0.1, 0.15) is 41.6 Å². The Morgan fingerprint density at radius 3 is 2.73 bits per heavy atom. The maximum Gasteiger partial charge on any atom is 0.140 e. The van der Waals surface area contributed by atoms with Gasteiger partial charge in [-0.2, -0.15) is 15.6 Å². The third-order valence-corrected chi connectivity index (χ3v) is 4.68. The van der Waals surface area contributed by atoms with Crippen molar-refractivity contribution in [3.63, 3.8) is 0 Å². The van der Waals surface area contributed by atoms with Crippen molar-refractivity contribution in [2.24, 2.45) is 0 Å². The fraction of sp³-hybridized carbons (Fsp3) is 0.136. The summed E-state index contributed by atoms with van der Waals surface area (Å²) in [6.45, 7) is 0.246. The third kappa shape index (κ3) is 4.61. The second kappa shape index (κ2) is 9.62. The first-order valence-electron chi connectivity index (χ1n) is 9.03. The molecular weight excluding hydrogens is 402 g/mol. The predicted molar refractivity (Wildman–Crippen MR) is 114 cm³/mol. The van der Waals surface area contributed by atoms with E-state index >= 15 is 0 Å². The van der Waals surface area contributed by atoms with E-state index in [1.54, 1.807) is 36.4 Å². The number of nitriles is 2. The predicted octanol–water partition coefficient (Wildman–Crippen LogP) is 3.63. The van der Waals surface area contributed by atoms with E-state index in [2.05, 4.69) is 11.2 Å². The van der Waals surface area contributed by atoms with Gasteiger partial charge in [0.25, 0.3) is 0 Å². The molecule has 30 heavy (non-hydrogen) atoms. The normalized spacial score (nSPS) is 11.0. The zero-order valence-corrected chi connectivity index (χ0v) is 16.7. The Morgan fingerprint density at radius 1 is 1.23 bits per heavy atom. The molecule has 3 aromatic rings. The minimum absolute atomic E-state index is 0.0994. The Bertz CT molecular complexity index is 1170.